The number of aromatic nitrogens is 1. The maximum Gasteiger partial charge on any atom is 0.226 e. The molecule has 3 heteroatoms. The van der Waals surface area contributed by atoms with Crippen LogP contribution in [-0.2, 0) is 11.2 Å². The van der Waals surface area contributed by atoms with Gasteiger partial charge >= 0.3 is 0 Å². The van der Waals surface area contributed by atoms with Gasteiger partial charge in [0.15, 0.2) is 0 Å². The van der Waals surface area contributed by atoms with Crippen LogP contribution in [-0.4, -0.2) is 29.4 Å². The summed E-state index contributed by atoms with van der Waals surface area (Å²) in [7, 11) is 1.95. The van der Waals surface area contributed by atoms with Crippen LogP contribution in [0.25, 0.3) is 10.9 Å². The monoisotopic (exact) mass is 284 g/mol. The van der Waals surface area contributed by atoms with Crippen LogP contribution in [0.4, 0.5) is 0 Å². The lowest BCUT2D eigenvalue weighted by molar-refractivity contribution is -0.129. The lowest BCUT2D eigenvalue weighted by Crippen LogP contribution is -2.33. The molecule has 1 aromatic carbocycles. The molecule has 1 aromatic heterocycles. The van der Waals surface area contributed by atoms with Crippen LogP contribution in [0.5, 0.6) is 0 Å². The molecule has 0 saturated heterocycles. The molecule has 0 unspecified atom stereocenters. The molecule has 0 aliphatic heterocycles. The number of H-pyrrole nitrogens is 1. The van der Waals surface area contributed by atoms with Gasteiger partial charge in [0, 0.05) is 30.7 Å². The molecule has 112 valence electrons. The molecule has 1 aliphatic rings. The number of hydrogen-bond acceptors (Lipinski definition) is 1. The Hall–Kier alpha value is -1.77. The van der Waals surface area contributed by atoms with Crippen LogP contribution in [0.1, 0.15) is 37.7 Å². The maximum atomic E-state index is 12.4. The van der Waals surface area contributed by atoms with E-state index in [9.17, 15) is 4.79 Å². The second-order valence-electron chi connectivity index (χ2n) is 6.31. The Labute approximate surface area is 126 Å². The van der Waals surface area contributed by atoms with Crippen LogP contribution in [0.15, 0.2) is 30.5 Å². The largest absolute Gasteiger partial charge is 0.361 e. The number of benzene rings is 1. The number of aromatic amines is 1. The molecule has 0 bridgehead atoms. The third kappa shape index (κ3) is 3.29. The summed E-state index contributed by atoms with van der Waals surface area (Å²) in [4.78, 5) is 17.6. The molecule has 1 saturated carbocycles. The molecule has 2 aromatic rings. The van der Waals surface area contributed by atoms with Crippen LogP contribution < -0.4 is 0 Å². The third-order valence-corrected chi connectivity index (χ3v) is 4.70. The molecule has 1 amide bonds. The number of fused-ring (bicyclic) bond motifs is 1. The van der Waals surface area contributed by atoms with Crippen molar-refractivity contribution in [2.75, 3.05) is 13.6 Å². The highest BCUT2D eigenvalue weighted by Gasteiger charge is 2.19. The van der Waals surface area contributed by atoms with Gasteiger partial charge in [-0.2, -0.15) is 0 Å². The highest BCUT2D eigenvalue weighted by atomic mass is 16.2. The number of nitrogens with zero attached hydrogens (tertiary/aromatic N) is 1. The Morgan fingerprint density at radius 2 is 2.00 bits per heavy atom. The van der Waals surface area contributed by atoms with Gasteiger partial charge in [-0.05, 0) is 30.4 Å². The average Bonchev–Trinajstić information content (AvgIpc) is 2.91. The highest BCUT2D eigenvalue weighted by Crippen LogP contribution is 2.24. The number of para-hydroxylation sites is 1. The number of carbonyl (C=O) groups excluding carboxylic acids is 1. The molecule has 0 atom stereocenters. The van der Waals surface area contributed by atoms with Gasteiger partial charge < -0.3 is 9.88 Å². The summed E-state index contributed by atoms with van der Waals surface area (Å²) in [6, 6.07) is 8.17. The average molecular weight is 284 g/mol. The van der Waals surface area contributed by atoms with E-state index >= 15 is 0 Å². The SMILES string of the molecule is CN(CC1CCCCC1)C(=O)Cc1c[nH]c2ccccc12. The van der Waals surface area contributed by atoms with Gasteiger partial charge in [-0.3, -0.25) is 4.79 Å². The van der Waals surface area contributed by atoms with Crippen LogP contribution in [0.2, 0.25) is 0 Å². The topological polar surface area (TPSA) is 36.1 Å². The van der Waals surface area contributed by atoms with Gasteiger partial charge in [0.1, 0.15) is 0 Å². The Morgan fingerprint density at radius 1 is 1.24 bits per heavy atom. The zero-order chi connectivity index (χ0) is 14.7. The van der Waals surface area contributed by atoms with Crippen molar-refractivity contribution in [3.63, 3.8) is 0 Å². The van der Waals surface area contributed by atoms with Crippen molar-refractivity contribution in [3.8, 4) is 0 Å². The minimum atomic E-state index is 0.227. The Morgan fingerprint density at radius 3 is 2.81 bits per heavy atom. The van der Waals surface area contributed by atoms with E-state index in [0.29, 0.717) is 12.3 Å². The van der Waals surface area contributed by atoms with Crippen molar-refractivity contribution in [3.05, 3.63) is 36.0 Å². The van der Waals surface area contributed by atoms with Gasteiger partial charge in [0.05, 0.1) is 6.42 Å². The number of rotatable bonds is 4. The number of nitrogens with one attached hydrogen (secondary N) is 1. The van der Waals surface area contributed by atoms with E-state index in [0.717, 1.165) is 23.0 Å². The minimum absolute atomic E-state index is 0.227. The maximum absolute atomic E-state index is 12.4. The zero-order valence-corrected chi connectivity index (χ0v) is 12.8. The van der Waals surface area contributed by atoms with Crippen molar-refractivity contribution in [1.29, 1.82) is 0 Å². The highest BCUT2D eigenvalue weighted by molar-refractivity contribution is 5.88. The molecule has 1 aliphatic carbocycles. The smallest absolute Gasteiger partial charge is 0.226 e. The summed E-state index contributed by atoms with van der Waals surface area (Å²) in [5, 5.41) is 1.16. The van der Waals surface area contributed by atoms with Gasteiger partial charge in [0.25, 0.3) is 0 Å². The number of amides is 1. The molecule has 0 radical (unpaired) electrons. The van der Waals surface area contributed by atoms with E-state index in [2.05, 4.69) is 17.1 Å². The quantitative estimate of drug-likeness (QED) is 0.912. The summed E-state index contributed by atoms with van der Waals surface area (Å²) < 4.78 is 0. The first-order chi connectivity index (χ1) is 10.2. The minimum Gasteiger partial charge on any atom is -0.361 e. The van der Waals surface area contributed by atoms with E-state index in [-0.39, 0.29) is 5.91 Å². The van der Waals surface area contributed by atoms with Crippen LogP contribution >= 0.6 is 0 Å². The molecule has 3 rings (SSSR count). The predicted molar refractivity (Wildman–Crippen MR) is 86.2 cm³/mol. The molecule has 21 heavy (non-hydrogen) atoms. The molecule has 3 nitrogen and oxygen atoms in total. The summed E-state index contributed by atoms with van der Waals surface area (Å²) in [6.07, 6.45) is 9.05. The fraction of sp³-hybridized carbons (Fsp3) is 0.500. The standard InChI is InChI=1S/C18H24N2O/c1-20(13-14-7-3-2-4-8-14)18(21)11-15-12-19-17-10-6-5-9-16(15)17/h5-6,9-10,12,14,19H,2-4,7-8,11,13H2,1H3. The lowest BCUT2D eigenvalue weighted by Gasteiger charge is -2.27. The van der Waals surface area contributed by atoms with Crippen molar-refractivity contribution >= 4 is 16.8 Å². The zero-order valence-electron chi connectivity index (χ0n) is 12.8. The first kappa shape index (κ1) is 14.2. The lowest BCUT2D eigenvalue weighted by atomic mass is 9.89. The first-order valence-corrected chi connectivity index (χ1v) is 8.03. The summed E-state index contributed by atoms with van der Waals surface area (Å²) in [6.45, 7) is 0.918. The van der Waals surface area contributed by atoms with Crippen LogP contribution in [0.3, 0.4) is 0 Å². The number of hydrogen-bond donors (Lipinski definition) is 1. The van der Waals surface area contributed by atoms with Gasteiger partial charge in [-0.15, -0.1) is 0 Å². The van der Waals surface area contributed by atoms with Crippen molar-refractivity contribution in [1.82, 2.24) is 9.88 Å². The van der Waals surface area contributed by atoms with Crippen LogP contribution in [0, 0.1) is 5.92 Å². The molecule has 1 N–H and O–H groups in total. The normalized spacial score (nSPS) is 16.2. The van der Waals surface area contributed by atoms with E-state index in [4.69, 9.17) is 0 Å². The van der Waals surface area contributed by atoms with Gasteiger partial charge in [-0.25, -0.2) is 0 Å². The number of likely N-dealkylation sites (N-methyl/N-ethyl adjacent to an activating group) is 1. The van der Waals surface area contributed by atoms with E-state index in [1.807, 2.05) is 30.3 Å². The Bertz CT molecular complexity index is 610. The van der Waals surface area contributed by atoms with E-state index in [1.165, 1.54) is 32.1 Å². The fourth-order valence-electron chi connectivity index (χ4n) is 3.43. The molecular formula is C18H24N2O. The summed E-state index contributed by atoms with van der Waals surface area (Å²) in [5.74, 6) is 0.931. The Kier molecular flexibility index (Phi) is 4.28. The first-order valence-electron chi connectivity index (χ1n) is 8.03. The van der Waals surface area contributed by atoms with Gasteiger partial charge in [-0.1, -0.05) is 37.5 Å². The van der Waals surface area contributed by atoms with Gasteiger partial charge in [0.2, 0.25) is 5.91 Å². The second-order valence-corrected chi connectivity index (χ2v) is 6.31. The molecular weight excluding hydrogens is 260 g/mol. The third-order valence-electron chi connectivity index (χ3n) is 4.70. The van der Waals surface area contributed by atoms with Crippen molar-refractivity contribution in [2.24, 2.45) is 5.92 Å². The summed E-state index contributed by atoms with van der Waals surface area (Å²) in [5.41, 5.74) is 2.21. The summed E-state index contributed by atoms with van der Waals surface area (Å²) >= 11 is 0. The molecule has 1 fully saturated rings. The van der Waals surface area contributed by atoms with Crippen molar-refractivity contribution < 1.29 is 4.79 Å². The predicted octanol–water partition coefficient (Wildman–Crippen LogP) is 3.75. The fourth-order valence-corrected chi connectivity index (χ4v) is 3.43. The van der Waals surface area contributed by atoms with E-state index < -0.39 is 0 Å². The van der Waals surface area contributed by atoms with E-state index in [1.54, 1.807) is 0 Å². The van der Waals surface area contributed by atoms with Crippen molar-refractivity contribution in [2.45, 2.75) is 38.5 Å². The number of carbonyl (C=O) groups is 1. The molecule has 1 heterocycles. The Balaban J connectivity index is 1.62. The molecule has 0 spiro atoms. The second kappa shape index (κ2) is 6.33.